The van der Waals surface area contributed by atoms with Gasteiger partial charge in [-0.1, -0.05) is 18.2 Å². The fourth-order valence-electron chi connectivity index (χ4n) is 3.03. The Morgan fingerprint density at radius 3 is 2.70 bits per heavy atom. The first-order valence-electron chi connectivity index (χ1n) is 8.62. The van der Waals surface area contributed by atoms with Crippen molar-refractivity contribution in [2.75, 3.05) is 12.1 Å². The lowest BCUT2D eigenvalue weighted by Crippen LogP contribution is -2.07. The van der Waals surface area contributed by atoms with E-state index >= 15 is 0 Å². The molecule has 0 bridgehead atoms. The van der Waals surface area contributed by atoms with Gasteiger partial charge in [-0.15, -0.1) is 0 Å². The van der Waals surface area contributed by atoms with Crippen LogP contribution in [-0.2, 0) is 4.79 Å². The van der Waals surface area contributed by atoms with Gasteiger partial charge in [0.25, 0.3) is 0 Å². The van der Waals surface area contributed by atoms with Crippen LogP contribution in [0.15, 0.2) is 54.6 Å². The molecule has 4 rings (SSSR count). The highest BCUT2D eigenvalue weighted by Crippen LogP contribution is 2.34. The van der Waals surface area contributed by atoms with E-state index in [9.17, 15) is 4.79 Å². The molecule has 0 saturated carbocycles. The Kier molecular flexibility index (Phi) is 4.38. The van der Waals surface area contributed by atoms with Crippen LogP contribution in [0.5, 0.6) is 11.5 Å². The number of rotatable bonds is 4. The second-order valence-electron chi connectivity index (χ2n) is 6.22. The van der Waals surface area contributed by atoms with Crippen molar-refractivity contribution in [2.24, 2.45) is 0 Å². The number of aryl methyl sites for hydroxylation is 1. The van der Waals surface area contributed by atoms with Gasteiger partial charge in [0.1, 0.15) is 0 Å². The number of fused-ring (bicyclic) bond motifs is 1. The Balaban J connectivity index is 1.51. The Morgan fingerprint density at radius 2 is 1.89 bits per heavy atom. The number of anilines is 1. The van der Waals surface area contributed by atoms with Crippen molar-refractivity contribution >= 4 is 17.7 Å². The Morgan fingerprint density at radius 1 is 1.11 bits per heavy atom. The van der Waals surface area contributed by atoms with E-state index in [1.807, 2.05) is 48.9 Å². The van der Waals surface area contributed by atoms with Crippen LogP contribution in [-0.4, -0.2) is 22.5 Å². The van der Waals surface area contributed by atoms with Crippen molar-refractivity contribution in [3.8, 4) is 17.2 Å². The zero-order valence-electron chi connectivity index (χ0n) is 15.1. The van der Waals surface area contributed by atoms with Crippen LogP contribution >= 0.6 is 0 Å². The predicted octanol–water partition coefficient (Wildman–Crippen LogP) is 3.87. The van der Waals surface area contributed by atoms with Gasteiger partial charge in [-0.25, -0.2) is 4.68 Å². The van der Waals surface area contributed by atoms with Crippen molar-refractivity contribution in [1.82, 2.24) is 9.78 Å². The van der Waals surface area contributed by atoms with Crippen LogP contribution in [0.3, 0.4) is 0 Å². The van der Waals surface area contributed by atoms with E-state index in [0.29, 0.717) is 17.2 Å². The number of aromatic nitrogens is 2. The Bertz CT molecular complexity index is 1020. The predicted molar refractivity (Wildman–Crippen MR) is 103 cm³/mol. The molecule has 0 spiro atoms. The van der Waals surface area contributed by atoms with Crippen molar-refractivity contribution in [2.45, 2.75) is 13.8 Å². The molecule has 1 aliphatic heterocycles. The second kappa shape index (κ2) is 6.99. The molecule has 136 valence electrons. The van der Waals surface area contributed by atoms with E-state index in [1.54, 1.807) is 24.3 Å². The highest BCUT2D eigenvalue weighted by Gasteiger charge is 2.14. The van der Waals surface area contributed by atoms with Gasteiger partial charge < -0.3 is 14.8 Å². The summed E-state index contributed by atoms with van der Waals surface area (Å²) in [6.07, 6.45) is 3.30. The second-order valence-corrected chi connectivity index (χ2v) is 6.22. The summed E-state index contributed by atoms with van der Waals surface area (Å²) in [5.74, 6) is 1.09. The molecule has 0 radical (unpaired) electrons. The SMILES string of the molecule is Cc1nn(-c2ccccc2)c(C)c1/C=C/C(=O)Nc1ccc2c(c1)OCO2. The van der Waals surface area contributed by atoms with Crippen LogP contribution in [0.4, 0.5) is 5.69 Å². The third-order valence-corrected chi connectivity index (χ3v) is 4.39. The molecule has 3 aromatic rings. The molecular weight excluding hydrogens is 342 g/mol. The number of nitrogens with zero attached hydrogens (tertiary/aromatic N) is 2. The number of carbonyl (C=O) groups is 1. The van der Waals surface area contributed by atoms with Gasteiger partial charge in [-0.3, -0.25) is 4.79 Å². The molecule has 0 unspecified atom stereocenters. The summed E-state index contributed by atoms with van der Waals surface area (Å²) < 4.78 is 12.5. The molecular formula is C21H19N3O3. The summed E-state index contributed by atoms with van der Waals surface area (Å²) in [7, 11) is 0. The maximum Gasteiger partial charge on any atom is 0.248 e. The average molecular weight is 361 g/mol. The van der Waals surface area contributed by atoms with Gasteiger partial charge in [0, 0.05) is 29.1 Å². The van der Waals surface area contributed by atoms with Gasteiger partial charge in [-0.05, 0) is 44.2 Å². The topological polar surface area (TPSA) is 65.4 Å². The smallest absolute Gasteiger partial charge is 0.248 e. The minimum absolute atomic E-state index is 0.205. The summed E-state index contributed by atoms with van der Waals surface area (Å²) in [4.78, 5) is 12.3. The number of amides is 1. The third kappa shape index (κ3) is 3.42. The molecule has 2 aromatic carbocycles. The minimum atomic E-state index is -0.222. The van der Waals surface area contributed by atoms with Crippen LogP contribution in [0.1, 0.15) is 17.0 Å². The van der Waals surface area contributed by atoms with Crippen molar-refractivity contribution < 1.29 is 14.3 Å². The molecule has 1 N–H and O–H groups in total. The number of ether oxygens (including phenoxy) is 2. The van der Waals surface area contributed by atoms with E-state index in [-0.39, 0.29) is 12.7 Å². The molecule has 1 aromatic heterocycles. The molecule has 0 aliphatic carbocycles. The number of carbonyl (C=O) groups excluding carboxylic acids is 1. The van der Waals surface area contributed by atoms with E-state index in [1.165, 1.54) is 6.08 Å². The summed E-state index contributed by atoms with van der Waals surface area (Å²) in [6, 6.07) is 15.2. The first-order valence-corrected chi connectivity index (χ1v) is 8.62. The minimum Gasteiger partial charge on any atom is -0.454 e. The third-order valence-electron chi connectivity index (χ3n) is 4.39. The van der Waals surface area contributed by atoms with Crippen molar-refractivity contribution in [3.05, 3.63) is 71.6 Å². The van der Waals surface area contributed by atoms with Crippen molar-refractivity contribution in [1.29, 1.82) is 0 Å². The maximum absolute atomic E-state index is 12.3. The highest BCUT2D eigenvalue weighted by molar-refractivity contribution is 6.02. The molecule has 6 heteroatoms. The van der Waals surface area contributed by atoms with Crippen LogP contribution in [0, 0.1) is 13.8 Å². The number of para-hydroxylation sites is 1. The summed E-state index contributed by atoms with van der Waals surface area (Å²) in [5, 5.41) is 7.42. The molecule has 0 atom stereocenters. The van der Waals surface area contributed by atoms with E-state index in [4.69, 9.17) is 9.47 Å². The summed E-state index contributed by atoms with van der Waals surface area (Å²) in [6.45, 7) is 4.13. The number of nitrogens with one attached hydrogen (secondary N) is 1. The van der Waals surface area contributed by atoms with Crippen molar-refractivity contribution in [3.63, 3.8) is 0 Å². The lowest BCUT2D eigenvalue weighted by atomic mass is 10.2. The van der Waals surface area contributed by atoms with E-state index in [2.05, 4.69) is 10.4 Å². The van der Waals surface area contributed by atoms with Crippen LogP contribution in [0.25, 0.3) is 11.8 Å². The van der Waals surface area contributed by atoms with E-state index < -0.39 is 0 Å². The molecule has 0 fully saturated rings. The number of hydrogen-bond donors (Lipinski definition) is 1. The van der Waals surface area contributed by atoms with E-state index in [0.717, 1.165) is 22.6 Å². The van der Waals surface area contributed by atoms with Gasteiger partial charge >= 0.3 is 0 Å². The lowest BCUT2D eigenvalue weighted by molar-refractivity contribution is -0.111. The Labute approximate surface area is 157 Å². The summed E-state index contributed by atoms with van der Waals surface area (Å²) in [5.41, 5.74) is 4.42. The monoisotopic (exact) mass is 361 g/mol. The quantitative estimate of drug-likeness (QED) is 0.717. The van der Waals surface area contributed by atoms with Gasteiger partial charge in [0.2, 0.25) is 12.7 Å². The largest absolute Gasteiger partial charge is 0.454 e. The maximum atomic E-state index is 12.3. The molecule has 27 heavy (non-hydrogen) atoms. The first kappa shape index (κ1) is 16.9. The van der Waals surface area contributed by atoms with Crippen LogP contribution in [0.2, 0.25) is 0 Å². The van der Waals surface area contributed by atoms with Crippen LogP contribution < -0.4 is 14.8 Å². The fraction of sp³-hybridized carbons (Fsp3) is 0.143. The number of hydrogen-bond acceptors (Lipinski definition) is 4. The number of benzene rings is 2. The fourth-order valence-corrected chi connectivity index (χ4v) is 3.03. The van der Waals surface area contributed by atoms with Gasteiger partial charge in [0.15, 0.2) is 11.5 Å². The summed E-state index contributed by atoms with van der Waals surface area (Å²) >= 11 is 0. The Hall–Kier alpha value is -3.54. The molecule has 1 amide bonds. The van der Waals surface area contributed by atoms with Gasteiger partial charge in [-0.2, -0.15) is 5.10 Å². The zero-order valence-corrected chi connectivity index (χ0v) is 15.1. The molecule has 1 aliphatic rings. The highest BCUT2D eigenvalue weighted by atomic mass is 16.7. The zero-order chi connectivity index (χ0) is 18.8. The molecule has 2 heterocycles. The molecule has 6 nitrogen and oxygen atoms in total. The van der Waals surface area contributed by atoms with Gasteiger partial charge in [0.05, 0.1) is 11.4 Å². The average Bonchev–Trinajstić information content (AvgIpc) is 3.25. The molecule has 0 saturated heterocycles. The first-order chi connectivity index (χ1) is 13.1. The standard InChI is InChI=1S/C21H19N3O3/c1-14-18(15(2)24(23-14)17-6-4-3-5-7-17)9-11-21(25)22-16-8-10-19-20(12-16)27-13-26-19/h3-12H,13H2,1-2H3,(H,22,25)/b11-9+. The normalized spacial score (nSPS) is 12.5. The lowest BCUT2D eigenvalue weighted by Gasteiger charge is -2.04.